The largest absolute Gasteiger partial charge is 0.484 e. The molecule has 3 aromatic carbocycles. The van der Waals surface area contributed by atoms with E-state index in [0.717, 1.165) is 10.8 Å². The number of benzene rings is 3. The number of nitrogens with zero attached hydrogens (tertiary/aromatic N) is 1. The zero-order valence-corrected chi connectivity index (χ0v) is 17.4. The van der Waals surface area contributed by atoms with E-state index in [1.165, 1.54) is 23.5 Å². The van der Waals surface area contributed by atoms with Gasteiger partial charge in [-0.15, -0.1) is 11.3 Å². The van der Waals surface area contributed by atoms with Crippen LogP contribution in [0, 0.1) is 0 Å². The molecule has 0 saturated heterocycles. The van der Waals surface area contributed by atoms with Crippen LogP contribution in [0.1, 0.15) is 5.01 Å². The first-order valence-corrected chi connectivity index (χ1v) is 11.7. The molecular weight excluding hydrogens is 420 g/mol. The molecule has 8 heteroatoms. The molecule has 0 saturated carbocycles. The van der Waals surface area contributed by atoms with Crippen molar-refractivity contribution in [1.29, 1.82) is 0 Å². The number of rotatable bonds is 7. The molecule has 152 valence electrons. The van der Waals surface area contributed by atoms with Gasteiger partial charge in [0.1, 0.15) is 16.5 Å². The van der Waals surface area contributed by atoms with Gasteiger partial charge in [-0.05, 0) is 47.2 Å². The van der Waals surface area contributed by atoms with E-state index in [0.29, 0.717) is 16.4 Å². The van der Waals surface area contributed by atoms with Gasteiger partial charge in [-0.2, -0.15) is 0 Å². The van der Waals surface area contributed by atoms with Gasteiger partial charge in [0.2, 0.25) is 0 Å². The van der Waals surface area contributed by atoms with Crippen molar-refractivity contribution >= 4 is 43.5 Å². The fourth-order valence-electron chi connectivity index (χ4n) is 2.92. The molecule has 0 aliphatic heterocycles. The van der Waals surface area contributed by atoms with Crippen LogP contribution in [0.2, 0.25) is 0 Å². The first kappa shape index (κ1) is 20.1. The van der Waals surface area contributed by atoms with E-state index in [4.69, 9.17) is 4.74 Å². The average molecular weight is 439 g/mol. The van der Waals surface area contributed by atoms with Crippen LogP contribution < -0.4 is 10.1 Å². The fourth-order valence-corrected chi connectivity index (χ4v) is 5.17. The molecule has 6 nitrogen and oxygen atoms in total. The van der Waals surface area contributed by atoms with E-state index in [2.05, 4.69) is 10.3 Å². The van der Waals surface area contributed by atoms with E-state index in [9.17, 15) is 13.2 Å². The van der Waals surface area contributed by atoms with Crippen LogP contribution in [0.4, 0.5) is 5.69 Å². The predicted molar refractivity (Wildman–Crippen MR) is 118 cm³/mol. The number of thiazole rings is 1. The van der Waals surface area contributed by atoms with Crippen molar-refractivity contribution in [2.45, 2.75) is 10.6 Å². The molecule has 1 heterocycles. The number of hydrogen-bond acceptors (Lipinski definition) is 6. The first-order chi connectivity index (χ1) is 14.5. The van der Waals surface area contributed by atoms with E-state index < -0.39 is 9.84 Å². The molecule has 0 atom stereocenters. The highest BCUT2D eigenvalue weighted by Gasteiger charge is 2.17. The summed E-state index contributed by atoms with van der Waals surface area (Å²) in [7, 11) is -3.48. The average Bonchev–Trinajstić information content (AvgIpc) is 3.25. The first-order valence-electron chi connectivity index (χ1n) is 9.12. The van der Waals surface area contributed by atoms with Gasteiger partial charge >= 0.3 is 0 Å². The Morgan fingerprint density at radius 1 is 1.00 bits per heavy atom. The Hall–Kier alpha value is -3.23. The summed E-state index contributed by atoms with van der Waals surface area (Å²) in [6.07, 6.45) is 1.58. The highest BCUT2D eigenvalue weighted by atomic mass is 32.2. The zero-order chi connectivity index (χ0) is 21.0. The van der Waals surface area contributed by atoms with Gasteiger partial charge in [0, 0.05) is 17.3 Å². The smallest absolute Gasteiger partial charge is 0.262 e. The third-order valence-corrected chi connectivity index (χ3v) is 6.99. The molecule has 30 heavy (non-hydrogen) atoms. The summed E-state index contributed by atoms with van der Waals surface area (Å²) in [6, 6.07) is 19.6. The lowest BCUT2D eigenvalue weighted by Gasteiger charge is -2.09. The van der Waals surface area contributed by atoms with Crippen LogP contribution in [0.25, 0.3) is 10.8 Å². The summed E-state index contributed by atoms with van der Waals surface area (Å²) in [4.78, 5) is 16.4. The molecule has 1 aromatic heterocycles. The highest BCUT2D eigenvalue weighted by Crippen LogP contribution is 2.21. The van der Waals surface area contributed by atoms with Crippen LogP contribution in [0.3, 0.4) is 0 Å². The van der Waals surface area contributed by atoms with E-state index in [-0.39, 0.29) is 23.2 Å². The second-order valence-corrected chi connectivity index (χ2v) is 9.52. The summed E-state index contributed by atoms with van der Waals surface area (Å²) < 4.78 is 30.5. The molecule has 0 aliphatic carbocycles. The topological polar surface area (TPSA) is 85.4 Å². The normalized spacial score (nSPS) is 11.3. The molecule has 4 rings (SSSR count). The lowest BCUT2D eigenvalue weighted by atomic mass is 10.1. The minimum absolute atomic E-state index is 0.143. The Labute approximate surface area is 178 Å². The molecule has 0 bridgehead atoms. The van der Waals surface area contributed by atoms with Crippen molar-refractivity contribution in [3.05, 3.63) is 83.3 Å². The summed E-state index contributed by atoms with van der Waals surface area (Å²) in [6.45, 7) is -0.150. The second-order valence-electron chi connectivity index (χ2n) is 6.56. The molecule has 0 unspecified atom stereocenters. The summed E-state index contributed by atoms with van der Waals surface area (Å²) in [5.41, 5.74) is 0.496. The van der Waals surface area contributed by atoms with Crippen molar-refractivity contribution < 1.29 is 17.9 Å². The van der Waals surface area contributed by atoms with Crippen molar-refractivity contribution in [2.24, 2.45) is 0 Å². The fraction of sp³-hybridized carbons (Fsp3) is 0.0909. The Morgan fingerprint density at radius 3 is 2.50 bits per heavy atom. The number of hydrogen-bond donors (Lipinski definition) is 1. The van der Waals surface area contributed by atoms with Gasteiger partial charge in [-0.1, -0.05) is 30.3 Å². The zero-order valence-electron chi connectivity index (χ0n) is 15.8. The summed E-state index contributed by atoms with van der Waals surface area (Å²) in [5, 5.41) is 7.11. The minimum Gasteiger partial charge on any atom is -0.484 e. The van der Waals surface area contributed by atoms with Crippen molar-refractivity contribution in [3.8, 4) is 5.75 Å². The predicted octanol–water partition coefficient (Wildman–Crippen LogP) is 4.29. The number of aromatic nitrogens is 1. The molecule has 0 radical (unpaired) electrons. The van der Waals surface area contributed by atoms with E-state index >= 15 is 0 Å². The number of fused-ring (bicyclic) bond motifs is 1. The monoisotopic (exact) mass is 438 g/mol. The Kier molecular flexibility index (Phi) is 5.78. The quantitative estimate of drug-likeness (QED) is 0.465. The van der Waals surface area contributed by atoms with Gasteiger partial charge in [0.25, 0.3) is 5.91 Å². The Morgan fingerprint density at radius 2 is 1.77 bits per heavy atom. The van der Waals surface area contributed by atoms with Gasteiger partial charge in [-0.3, -0.25) is 4.79 Å². The van der Waals surface area contributed by atoms with Crippen molar-refractivity contribution in [2.75, 3.05) is 11.9 Å². The highest BCUT2D eigenvalue weighted by molar-refractivity contribution is 7.90. The maximum atomic E-state index is 12.4. The number of anilines is 1. The summed E-state index contributed by atoms with van der Waals surface area (Å²) in [5.74, 6) is 0.129. The number of carbonyl (C=O) groups excluding carboxylic acids is 1. The van der Waals surface area contributed by atoms with Gasteiger partial charge < -0.3 is 10.1 Å². The van der Waals surface area contributed by atoms with Gasteiger partial charge in [0.05, 0.1) is 4.90 Å². The maximum absolute atomic E-state index is 12.4. The van der Waals surface area contributed by atoms with Gasteiger partial charge in [-0.25, -0.2) is 13.4 Å². The molecule has 4 aromatic rings. The number of amides is 1. The Bertz CT molecular complexity index is 1270. The number of ether oxygens (including phenoxy) is 1. The third kappa shape index (κ3) is 4.84. The van der Waals surface area contributed by atoms with Gasteiger partial charge in [0.15, 0.2) is 16.4 Å². The number of sulfone groups is 1. The number of carbonyl (C=O) groups is 1. The van der Waals surface area contributed by atoms with Crippen LogP contribution in [-0.2, 0) is 20.4 Å². The van der Waals surface area contributed by atoms with Crippen molar-refractivity contribution in [3.63, 3.8) is 0 Å². The van der Waals surface area contributed by atoms with Crippen molar-refractivity contribution in [1.82, 2.24) is 4.98 Å². The van der Waals surface area contributed by atoms with E-state index in [1.54, 1.807) is 23.7 Å². The Balaban J connectivity index is 1.35. The lowest BCUT2D eigenvalue weighted by molar-refractivity contribution is -0.118. The molecular formula is C22H18N2O4S2. The van der Waals surface area contributed by atoms with Crippen LogP contribution in [0.15, 0.2) is 83.2 Å². The maximum Gasteiger partial charge on any atom is 0.262 e. The standard InChI is InChI=1S/C22H18N2O4S2/c25-21(14-28-19-8-5-16-3-1-2-4-17(16)13-19)24-18-6-9-20(10-7-18)30(26,27)15-22-23-11-12-29-22/h1-13H,14-15H2,(H,24,25). The second kappa shape index (κ2) is 8.64. The molecule has 0 aliphatic rings. The minimum atomic E-state index is -3.48. The molecule has 1 amide bonds. The molecule has 1 N–H and O–H groups in total. The summed E-state index contributed by atoms with van der Waals surface area (Å²) >= 11 is 1.30. The third-order valence-electron chi connectivity index (χ3n) is 4.39. The lowest BCUT2D eigenvalue weighted by Crippen LogP contribution is -2.20. The number of nitrogens with one attached hydrogen (secondary N) is 1. The molecule has 0 spiro atoms. The van der Waals surface area contributed by atoms with Crippen LogP contribution >= 0.6 is 11.3 Å². The van der Waals surface area contributed by atoms with E-state index in [1.807, 2.05) is 42.5 Å². The molecule has 0 fully saturated rings. The van der Waals surface area contributed by atoms with Crippen LogP contribution in [-0.4, -0.2) is 25.9 Å². The SMILES string of the molecule is O=C(COc1ccc2ccccc2c1)Nc1ccc(S(=O)(=O)Cc2nccs2)cc1. The van der Waals surface area contributed by atoms with Crippen LogP contribution in [0.5, 0.6) is 5.75 Å².